The Morgan fingerprint density at radius 3 is 2.42 bits per heavy atom. The molecule has 0 spiro atoms. The van der Waals surface area contributed by atoms with Crippen LogP contribution in [0, 0.1) is 6.92 Å². The molecular weight excluding hydrogens is 574 g/mol. The maximum absolute atomic E-state index is 12.7. The molecule has 190 valence electrons. The molecule has 14 heteroatoms. The summed E-state index contributed by atoms with van der Waals surface area (Å²) in [5.41, 5.74) is 1.44. The number of anilines is 2. The van der Waals surface area contributed by atoms with E-state index in [-0.39, 0.29) is 34.3 Å². The largest absolute Gasteiger partial charge is 0.484 e. The van der Waals surface area contributed by atoms with Gasteiger partial charge in [-0.2, -0.15) is 9.97 Å². The summed E-state index contributed by atoms with van der Waals surface area (Å²) in [4.78, 5) is 20.0. The Labute approximate surface area is 221 Å². The molecule has 1 amide bonds. The molecule has 0 unspecified atom stereocenters. The summed E-state index contributed by atoms with van der Waals surface area (Å²) in [7, 11) is -1.24. The molecule has 2 aromatic carbocycles. The molecule has 11 nitrogen and oxygen atoms in total. The van der Waals surface area contributed by atoms with Gasteiger partial charge in [0.2, 0.25) is 5.88 Å². The van der Waals surface area contributed by atoms with Crippen molar-refractivity contribution in [2.75, 3.05) is 30.9 Å². The molecule has 0 radical (unpaired) electrons. The van der Waals surface area contributed by atoms with Crippen LogP contribution in [-0.4, -0.2) is 50.2 Å². The second-order valence-corrected chi connectivity index (χ2v) is 10.1. The lowest BCUT2D eigenvalue weighted by Gasteiger charge is -2.12. The molecular formula is C22H22BrN5O6S2. The lowest BCUT2D eigenvalue weighted by molar-refractivity contribution is -0.121. The van der Waals surface area contributed by atoms with Crippen LogP contribution in [-0.2, 0) is 14.8 Å². The summed E-state index contributed by atoms with van der Waals surface area (Å²) in [5.74, 6) is 0.207. The van der Waals surface area contributed by atoms with Crippen LogP contribution in [0.1, 0.15) is 5.56 Å². The lowest BCUT2D eigenvalue weighted by Crippen LogP contribution is -2.37. The number of methoxy groups -OCH3 is 2. The van der Waals surface area contributed by atoms with E-state index >= 15 is 0 Å². The first-order valence-corrected chi connectivity index (χ1v) is 12.9. The van der Waals surface area contributed by atoms with E-state index in [9.17, 15) is 13.2 Å². The first-order valence-electron chi connectivity index (χ1n) is 10.2. The van der Waals surface area contributed by atoms with Crippen LogP contribution in [0.2, 0.25) is 0 Å². The number of hydrogen-bond acceptors (Lipinski definition) is 9. The molecule has 1 aromatic heterocycles. The number of nitrogens with one attached hydrogen (secondary N) is 3. The highest BCUT2D eigenvalue weighted by molar-refractivity contribution is 9.10. The van der Waals surface area contributed by atoms with Gasteiger partial charge in [-0.1, -0.05) is 15.9 Å². The van der Waals surface area contributed by atoms with Crippen LogP contribution in [0.5, 0.6) is 17.6 Å². The predicted octanol–water partition coefficient (Wildman–Crippen LogP) is 3.26. The normalized spacial score (nSPS) is 10.8. The number of aromatic nitrogens is 2. The van der Waals surface area contributed by atoms with E-state index in [2.05, 4.69) is 41.3 Å². The Hall–Kier alpha value is -3.49. The maximum atomic E-state index is 12.7. The van der Waals surface area contributed by atoms with E-state index in [1.165, 1.54) is 44.6 Å². The van der Waals surface area contributed by atoms with Gasteiger partial charge < -0.3 is 19.5 Å². The third-order valence-electron chi connectivity index (χ3n) is 4.49. The molecule has 0 bridgehead atoms. The molecule has 3 aromatic rings. The summed E-state index contributed by atoms with van der Waals surface area (Å²) in [6.45, 7) is 1.68. The summed E-state index contributed by atoms with van der Waals surface area (Å²) < 4.78 is 44.2. The Kier molecular flexibility index (Phi) is 9.01. The van der Waals surface area contributed by atoms with Gasteiger partial charge in [-0.3, -0.25) is 14.8 Å². The summed E-state index contributed by atoms with van der Waals surface area (Å²) in [6, 6.07) is 12.4. The number of nitrogens with zero attached hydrogens (tertiary/aromatic N) is 2. The fourth-order valence-electron chi connectivity index (χ4n) is 2.75. The standard InChI is InChI=1S/C22H22BrN5O6S2/c1-13-10-15(6-9-17(13)23)34-12-19(29)26-22(35)24-14-4-7-16(8-5-14)36(30,31)28-18-11-20(32-2)27-21(25-18)33-3/h4-11H,12H2,1-3H3,(H,25,27,28)(H2,24,26,29,35). The van der Waals surface area contributed by atoms with Crippen molar-refractivity contribution in [2.45, 2.75) is 11.8 Å². The number of carbonyl (C=O) groups is 1. The first-order chi connectivity index (χ1) is 17.1. The van der Waals surface area contributed by atoms with Crippen LogP contribution in [0.25, 0.3) is 0 Å². The molecule has 0 saturated heterocycles. The zero-order valence-corrected chi connectivity index (χ0v) is 22.6. The molecule has 0 aliphatic rings. The van der Waals surface area contributed by atoms with E-state index in [1.807, 2.05) is 13.0 Å². The van der Waals surface area contributed by atoms with Crippen molar-refractivity contribution in [3.8, 4) is 17.6 Å². The monoisotopic (exact) mass is 595 g/mol. The van der Waals surface area contributed by atoms with E-state index in [4.69, 9.17) is 26.4 Å². The zero-order chi connectivity index (χ0) is 26.3. The van der Waals surface area contributed by atoms with E-state index < -0.39 is 15.9 Å². The number of sulfonamides is 1. The highest BCUT2D eigenvalue weighted by atomic mass is 79.9. The number of hydrogen-bond donors (Lipinski definition) is 3. The number of amides is 1. The molecule has 0 fully saturated rings. The fraction of sp³-hybridized carbons (Fsp3) is 0.182. The lowest BCUT2D eigenvalue weighted by atomic mass is 10.2. The van der Waals surface area contributed by atoms with Gasteiger partial charge in [-0.15, -0.1) is 0 Å². The first kappa shape index (κ1) is 27.1. The zero-order valence-electron chi connectivity index (χ0n) is 19.4. The SMILES string of the molecule is COc1cc(NS(=O)(=O)c2ccc(NC(=S)NC(=O)COc3ccc(Br)c(C)c3)cc2)nc(OC)n1. The molecule has 0 saturated carbocycles. The van der Waals surface area contributed by atoms with E-state index in [1.54, 1.807) is 12.1 Å². The van der Waals surface area contributed by atoms with Gasteiger partial charge in [0.05, 0.1) is 19.1 Å². The van der Waals surface area contributed by atoms with Crippen LogP contribution in [0.3, 0.4) is 0 Å². The van der Waals surface area contributed by atoms with Gasteiger partial charge in [0.25, 0.3) is 15.9 Å². The van der Waals surface area contributed by atoms with E-state index in [0.29, 0.717) is 11.4 Å². The van der Waals surface area contributed by atoms with Crippen LogP contribution in [0.4, 0.5) is 11.5 Å². The van der Waals surface area contributed by atoms with Gasteiger partial charge in [-0.05, 0) is 67.2 Å². The van der Waals surface area contributed by atoms with Crippen LogP contribution < -0.4 is 29.6 Å². The Morgan fingerprint density at radius 1 is 1.06 bits per heavy atom. The second kappa shape index (κ2) is 12.0. The molecule has 1 heterocycles. The fourth-order valence-corrected chi connectivity index (χ4v) is 4.22. The van der Waals surface area contributed by atoms with Crippen molar-refractivity contribution < 1.29 is 27.4 Å². The average molecular weight is 596 g/mol. The minimum atomic E-state index is -3.97. The van der Waals surface area contributed by atoms with Crippen molar-refractivity contribution in [3.63, 3.8) is 0 Å². The number of halogens is 1. The molecule has 3 rings (SSSR count). The molecule has 0 atom stereocenters. The Balaban J connectivity index is 1.56. The summed E-state index contributed by atoms with van der Waals surface area (Å²) in [6.07, 6.45) is 0. The number of thiocarbonyl (C=S) groups is 1. The third-order valence-corrected chi connectivity index (χ3v) is 6.95. The number of aryl methyl sites for hydroxylation is 1. The average Bonchev–Trinajstić information content (AvgIpc) is 2.84. The summed E-state index contributed by atoms with van der Waals surface area (Å²) >= 11 is 8.55. The van der Waals surface area contributed by atoms with Crippen molar-refractivity contribution >= 4 is 60.7 Å². The smallest absolute Gasteiger partial charge is 0.321 e. The second-order valence-electron chi connectivity index (χ2n) is 7.11. The van der Waals surface area contributed by atoms with Gasteiger partial charge >= 0.3 is 6.01 Å². The maximum Gasteiger partial charge on any atom is 0.321 e. The number of carbonyl (C=O) groups excluding carboxylic acids is 1. The molecule has 3 N–H and O–H groups in total. The highest BCUT2D eigenvalue weighted by Gasteiger charge is 2.17. The van der Waals surface area contributed by atoms with Gasteiger partial charge in [-0.25, -0.2) is 8.42 Å². The summed E-state index contributed by atoms with van der Waals surface area (Å²) in [5, 5.41) is 5.35. The Morgan fingerprint density at radius 2 is 1.78 bits per heavy atom. The topological polar surface area (TPSA) is 141 Å². The quantitative estimate of drug-likeness (QED) is 0.315. The number of rotatable bonds is 9. The number of ether oxygens (including phenoxy) is 3. The van der Waals surface area contributed by atoms with Crippen LogP contribution in [0.15, 0.2) is 57.9 Å². The molecule has 0 aliphatic heterocycles. The highest BCUT2D eigenvalue weighted by Crippen LogP contribution is 2.22. The van der Waals surface area contributed by atoms with Crippen molar-refractivity contribution in [3.05, 3.63) is 58.6 Å². The third kappa shape index (κ3) is 7.50. The number of benzene rings is 2. The molecule has 0 aliphatic carbocycles. The minimum Gasteiger partial charge on any atom is -0.484 e. The Bertz CT molecular complexity index is 1350. The predicted molar refractivity (Wildman–Crippen MR) is 141 cm³/mol. The van der Waals surface area contributed by atoms with Crippen molar-refractivity contribution in [2.24, 2.45) is 0 Å². The van der Waals surface area contributed by atoms with Gasteiger partial charge in [0.1, 0.15) is 5.75 Å². The van der Waals surface area contributed by atoms with E-state index in [0.717, 1.165) is 10.0 Å². The minimum absolute atomic E-state index is 0.0229. The molecule has 36 heavy (non-hydrogen) atoms. The van der Waals surface area contributed by atoms with Gasteiger partial charge in [0.15, 0.2) is 17.5 Å². The van der Waals surface area contributed by atoms with Crippen molar-refractivity contribution in [1.29, 1.82) is 0 Å². The van der Waals surface area contributed by atoms with Crippen LogP contribution >= 0.6 is 28.1 Å². The van der Waals surface area contributed by atoms with Crippen molar-refractivity contribution in [1.82, 2.24) is 15.3 Å². The van der Waals surface area contributed by atoms with Gasteiger partial charge in [0, 0.05) is 16.2 Å².